The number of hydrogen-bond acceptors (Lipinski definition) is 4. The third-order valence-corrected chi connectivity index (χ3v) is 4.60. The van der Waals surface area contributed by atoms with Crippen LogP contribution in [0.15, 0.2) is 16.9 Å². The van der Waals surface area contributed by atoms with Crippen molar-refractivity contribution in [1.82, 2.24) is 10.3 Å². The van der Waals surface area contributed by atoms with Crippen LogP contribution in [0.4, 0.5) is 23.2 Å². The number of oxazole rings is 1. The molecular weight excluding hydrogens is 330 g/mol. The average Bonchev–Trinajstić information content (AvgIpc) is 3.26. The monoisotopic (exact) mass is 341 g/mol. The summed E-state index contributed by atoms with van der Waals surface area (Å²) in [6.07, 6.45) is 2.06. The molecule has 1 saturated carbocycles. The van der Waals surface area contributed by atoms with Crippen molar-refractivity contribution in [2.75, 3.05) is 11.9 Å². The van der Waals surface area contributed by atoms with E-state index >= 15 is 0 Å². The van der Waals surface area contributed by atoms with Gasteiger partial charge < -0.3 is 15.1 Å². The molecule has 1 aliphatic carbocycles. The molecule has 2 bridgehead atoms. The van der Waals surface area contributed by atoms with Crippen LogP contribution < -0.4 is 10.6 Å². The molecule has 3 atom stereocenters. The molecular formula is C15H11F4N3O2. The maximum Gasteiger partial charge on any atom is 0.278 e. The van der Waals surface area contributed by atoms with Crippen molar-refractivity contribution < 1.29 is 26.8 Å². The minimum absolute atomic E-state index is 0.0141. The van der Waals surface area contributed by atoms with Crippen LogP contribution in [0.5, 0.6) is 0 Å². The topological polar surface area (TPSA) is 67.2 Å². The molecule has 5 rings (SSSR count). The number of rotatable bonds is 3. The van der Waals surface area contributed by atoms with Crippen LogP contribution in [0, 0.1) is 29.2 Å². The van der Waals surface area contributed by atoms with E-state index < -0.39 is 34.9 Å². The van der Waals surface area contributed by atoms with Gasteiger partial charge in [0.2, 0.25) is 0 Å². The Balaban J connectivity index is 1.61. The molecule has 2 aromatic rings. The van der Waals surface area contributed by atoms with Crippen molar-refractivity contribution in [1.29, 1.82) is 0 Å². The van der Waals surface area contributed by atoms with Crippen LogP contribution in [0.25, 0.3) is 0 Å². The third-order valence-electron chi connectivity index (χ3n) is 4.60. The predicted molar refractivity (Wildman–Crippen MR) is 73.4 cm³/mol. The molecule has 5 nitrogen and oxygen atoms in total. The SMILES string of the molecule is O=C(Nc1cc(F)c(F)c(F)c1F)c1ncoc1C1C2CNC1C2. The van der Waals surface area contributed by atoms with E-state index in [1.165, 1.54) is 0 Å². The number of carbonyl (C=O) groups is 1. The predicted octanol–water partition coefficient (Wildman–Crippen LogP) is 2.56. The van der Waals surface area contributed by atoms with Gasteiger partial charge in [-0.15, -0.1) is 0 Å². The minimum Gasteiger partial charge on any atom is -0.447 e. The normalized spacial score (nSPS) is 24.8. The number of benzene rings is 1. The Hall–Kier alpha value is -2.42. The average molecular weight is 341 g/mol. The Labute approximate surface area is 133 Å². The van der Waals surface area contributed by atoms with Crippen LogP contribution in [-0.2, 0) is 0 Å². The molecule has 2 saturated heterocycles. The van der Waals surface area contributed by atoms with Gasteiger partial charge in [-0.1, -0.05) is 0 Å². The van der Waals surface area contributed by atoms with Gasteiger partial charge in [-0.2, -0.15) is 0 Å². The van der Waals surface area contributed by atoms with Crippen LogP contribution >= 0.6 is 0 Å². The smallest absolute Gasteiger partial charge is 0.278 e. The molecule has 0 spiro atoms. The Kier molecular flexibility index (Phi) is 3.34. The molecule has 3 unspecified atom stereocenters. The lowest BCUT2D eigenvalue weighted by Crippen LogP contribution is -2.35. The standard InChI is InChI=1S/C15H11F4N3O2/c16-6-2-8(11(18)12(19)10(6)17)22-15(23)13-14(24-4-21-13)9-5-1-7(9)20-3-5/h2,4-5,7,9,20H,1,3H2,(H,22,23). The van der Waals surface area contributed by atoms with Crippen LogP contribution in [-0.4, -0.2) is 23.5 Å². The highest BCUT2D eigenvalue weighted by Gasteiger charge is 2.50. The summed E-state index contributed by atoms with van der Waals surface area (Å²) < 4.78 is 58.4. The second-order valence-electron chi connectivity index (χ2n) is 5.90. The first-order valence-corrected chi connectivity index (χ1v) is 7.28. The van der Waals surface area contributed by atoms with Gasteiger partial charge in [0.25, 0.3) is 5.91 Å². The van der Waals surface area contributed by atoms with E-state index in [-0.39, 0.29) is 17.7 Å². The number of nitrogens with one attached hydrogen (secondary N) is 2. The first-order chi connectivity index (χ1) is 11.5. The second-order valence-corrected chi connectivity index (χ2v) is 5.90. The van der Waals surface area contributed by atoms with E-state index in [2.05, 4.69) is 10.3 Å². The Bertz CT molecular complexity index is 824. The number of amides is 1. The number of carbonyl (C=O) groups excluding carboxylic acids is 1. The first kappa shape index (κ1) is 15.1. The highest BCUT2D eigenvalue weighted by Crippen LogP contribution is 2.48. The lowest BCUT2D eigenvalue weighted by atomic mass is 9.72. The third kappa shape index (κ3) is 2.11. The van der Waals surface area contributed by atoms with Gasteiger partial charge in [-0.05, 0) is 18.9 Å². The lowest BCUT2D eigenvalue weighted by Gasteiger charge is -2.32. The zero-order chi connectivity index (χ0) is 17.0. The summed E-state index contributed by atoms with van der Waals surface area (Å²) in [6, 6.07) is 0.562. The van der Waals surface area contributed by atoms with E-state index in [0.29, 0.717) is 17.7 Å². The van der Waals surface area contributed by atoms with Gasteiger partial charge in [0.15, 0.2) is 35.4 Å². The molecule has 3 heterocycles. The number of nitrogens with zero attached hydrogens (tertiary/aromatic N) is 1. The van der Waals surface area contributed by atoms with E-state index in [1.54, 1.807) is 0 Å². The maximum atomic E-state index is 13.7. The van der Waals surface area contributed by atoms with Crippen LogP contribution in [0.2, 0.25) is 0 Å². The molecule has 9 heteroatoms. The zero-order valence-corrected chi connectivity index (χ0v) is 12.1. The fourth-order valence-electron chi connectivity index (χ4n) is 3.38. The molecule has 1 aromatic heterocycles. The summed E-state index contributed by atoms with van der Waals surface area (Å²) >= 11 is 0. The number of fused-ring (bicyclic) bond motifs is 1. The quantitative estimate of drug-likeness (QED) is 0.512. The molecule has 2 N–H and O–H groups in total. The highest BCUT2D eigenvalue weighted by atomic mass is 19.2. The number of hydrogen-bond donors (Lipinski definition) is 2. The molecule has 3 aliphatic rings. The number of anilines is 1. The van der Waals surface area contributed by atoms with Gasteiger partial charge in [-0.25, -0.2) is 22.5 Å². The summed E-state index contributed by atoms with van der Waals surface area (Å²) in [5, 5.41) is 5.27. The van der Waals surface area contributed by atoms with E-state index in [9.17, 15) is 22.4 Å². The van der Waals surface area contributed by atoms with Gasteiger partial charge in [0.1, 0.15) is 5.76 Å². The summed E-state index contributed by atoms with van der Waals surface area (Å²) in [7, 11) is 0. The van der Waals surface area contributed by atoms with Crippen molar-refractivity contribution in [3.8, 4) is 0 Å². The van der Waals surface area contributed by atoms with Crippen LogP contribution in [0.3, 0.4) is 0 Å². The van der Waals surface area contributed by atoms with Gasteiger partial charge in [0, 0.05) is 18.0 Å². The van der Waals surface area contributed by atoms with E-state index in [1.807, 2.05) is 5.32 Å². The Morgan fingerprint density at radius 1 is 1.25 bits per heavy atom. The number of aromatic nitrogens is 1. The highest BCUT2D eigenvalue weighted by molar-refractivity contribution is 6.03. The Morgan fingerprint density at radius 2 is 2.04 bits per heavy atom. The minimum atomic E-state index is -1.99. The molecule has 3 fully saturated rings. The van der Waals surface area contributed by atoms with Crippen LogP contribution in [0.1, 0.15) is 28.6 Å². The lowest BCUT2D eigenvalue weighted by molar-refractivity contribution is 0.101. The second kappa shape index (κ2) is 5.30. The van der Waals surface area contributed by atoms with Crippen molar-refractivity contribution in [3.63, 3.8) is 0 Å². The fourth-order valence-corrected chi connectivity index (χ4v) is 3.38. The maximum absolute atomic E-state index is 13.7. The fraction of sp³-hybridized carbons (Fsp3) is 0.333. The van der Waals surface area contributed by atoms with E-state index in [4.69, 9.17) is 4.42 Å². The zero-order valence-electron chi connectivity index (χ0n) is 12.1. The summed E-state index contributed by atoms with van der Waals surface area (Å²) in [5.74, 6) is -7.44. The van der Waals surface area contributed by atoms with E-state index in [0.717, 1.165) is 19.4 Å². The summed E-state index contributed by atoms with van der Waals surface area (Å²) in [6.45, 7) is 0.806. The number of halogens is 4. The summed E-state index contributed by atoms with van der Waals surface area (Å²) in [4.78, 5) is 16.1. The van der Waals surface area contributed by atoms with Gasteiger partial charge in [-0.3, -0.25) is 4.79 Å². The molecule has 1 aromatic carbocycles. The van der Waals surface area contributed by atoms with Crippen molar-refractivity contribution in [2.24, 2.45) is 5.92 Å². The van der Waals surface area contributed by atoms with Crippen molar-refractivity contribution in [3.05, 3.63) is 47.2 Å². The molecule has 1 amide bonds. The van der Waals surface area contributed by atoms with Gasteiger partial charge >= 0.3 is 0 Å². The largest absolute Gasteiger partial charge is 0.447 e. The van der Waals surface area contributed by atoms with Gasteiger partial charge in [0.05, 0.1) is 5.69 Å². The molecule has 24 heavy (non-hydrogen) atoms. The summed E-state index contributed by atoms with van der Waals surface area (Å²) in [5.41, 5.74) is -0.886. The first-order valence-electron chi connectivity index (χ1n) is 7.28. The van der Waals surface area contributed by atoms with Crippen molar-refractivity contribution in [2.45, 2.75) is 18.4 Å². The Morgan fingerprint density at radius 3 is 2.71 bits per heavy atom. The van der Waals surface area contributed by atoms with Crippen molar-refractivity contribution >= 4 is 11.6 Å². The molecule has 0 radical (unpaired) electrons. The molecule has 2 aliphatic heterocycles. The molecule has 126 valence electrons.